The molecule has 1 atom stereocenters. The molecule has 3 N–H and O–H groups in total. The van der Waals surface area contributed by atoms with Gasteiger partial charge in [-0.05, 0) is 38.7 Å². The molecule has 0 saturated heterocycles. The first-order chi connectivity index (χ1) is 12.8. The molecule has 142 valence electrons. The van der Waals surface area contributed by atoms with Crippen LogP contribution in [0.1, 0.15) is 35.9 Å². The summed E-state index contributed by atoms with van der Waals surface area (Å²) in [6, 6.07) is 7.26. The Balaban J connectivity index is 2.04. The van der Waals surface area contributed by atoms with E-state index in [-0.39, 0.29) is 29.5 Å². The van der Waals surface area contributed by atoms with Gasteiger partial charge in [-0.15, -0.1) is 0 Å². The number of benzene rings is 1. The van der Waals surface area contributed by atoms with Gasteiger partial charge in [0.2, 0.25) is 5.43 Å². The Morgan fingerprint density at radius 2 is 2.11 bits per heavy atom. The van der Waals surface area contributed by atoms with Crippen molar-refractivity contribution in [3.63, 3.8) is 0 Å². The maximum Gasteiger partial charge on any atom is 0.294 e. The quantitative estimate of drug-likeness (QED) is 0.581. The second-order valence-electron chi connectivity index (χ2n) is 7.01. The molecule has 1 aromatic carbocycles. The first kappa shape index (κ1) is 18.7. The summed E-state index contributed by atoms with van der Waals surface area (Å²) in [5.41, 5.74) is 4.73. The van der Waals surface area contributed by atoms with Crippen LogP contribution in [0, 0.1) is 23.0 Å². The summed E-state index contributed by atoms with van der Waals surface area (Å²) in [6.07, 6.45) is 1.94. The third-order valence-corrected chi connectivity index (χ3v) is 4.93. The molecule has 0 aliphatic heterocycles. The van der Waals surface area contributed by atoms with E-state index in [2.05, 4.69) is 10.4 Å². The number of aromatic nitrogens is 2. The number of hydrogen-bond acceptors (Lipinski definition) is 6. The minimum absolute atomic E-state index is 0.173. The fourth-order valence-corrected chi connectivity index (χ4v) is 3.10. The Labute approximate surface area is 155 Å². The van der Waals surface area contributed by atoms with Crippen LogP contribution in [-0.2, 0) is 0 Å². The van der Waals surface area contributed by atoms with E-state index < -0.39 is 21.8 Å². The van der Waals surface area contributed by atoms with Crippen LogP contribution >= 0.6 is 0 Å². The molecule has 0 spiro atoms. The number of nitro groups is 1. The lowest BCUT2D eigenvalue weighted by Crippen LogP contribution is -2.54. The molecule has 1 unspecified atom stereocenters. The molecule has 1 aliphatic carbocycles. The lowest BCUT2D eigenvalue weighted by Gasteiger charge is -2.29. The van der Waals surface area contributed by atoms with Crippen molar-refractivity contribution in [3.05, 3.63) is 62.1 Å². The minimum atomic E-state index is -0.632. The van der Waals surface area contributed by atoms with E-state index >= 15 is 0 Å². The van der Waals surface area contributed by atoms with Gasteiger partial charge < -0.3 is 11.1 Å². The average molecular weight is 371 g/mol. The summed E-state index contributed by atoms with van der Waals surface area (Å²) in [4.78, 5) is 35.8. The number of rotatable bonds is 6. The van der Waals surface area contributed by atoms with Crippen LogP contribution in [0.5, 0.6) is 0 Å². The number of aryl methyl sites for hydroxylation is 1. The van der Waals surface area contributed by atoms with E-state index in [4.69, 9.17) is 5.73 Å². The molecular weight excluding hydrogens is 350 g/mol. The number of nitrogens with two attached hydrogens (primary N) is 1. The largest absolute Gasteiger partial charge is 0.344 e. The van der Waals surface area contributed by atoms with Crippen molar-refractivity contribution >= 4 is 11.6 Å². The molecule has 9 nitrogen and oxygen atoms in total. The molecule has 1 aliphatic rings. The zero-order valence-electron chi connectivity index (χ0n) is 15.1. The minimum Gasteiger partial charge on any atom is -0.344 e. The Bertz CT molecular complexity index is 966. The molecule has 27 heavy (non-hydrogen) atoms. The number of carbonyl (C=O) groups excluding carboxylic acids is 1. The lowest BCUT2D eigenvalue weighted by molar-refractivity contribution is -0.384. The Morgan fingerprint density at radius 3 is 2.70 bits per heavy atom. The number of amides is 1. The van der Waals surface area contributed by atoms with Gasteiger partial charge in [-0.25, -0.2) is 4.68 Å². The molecule has 1 aromatic heterocycles. The molecule has 3 rings (SSSR count). The highest BCUT2D eigenvalue weighted by molar-refractivity contribution is 5.92. The SMILES string of the molecule is Cc1cc(=O)c(C(=O)NC(C)(CN)C2CC2)nn1-c1ccccc1[N+](=O)[O-]. The van der Waals surface area contributed by atoms with Gasteiger partial charge in [0, 0.05) is 24.4 Å². The summed E-state index contributed by atoms with van der Waals surface area (Å²) < 4.78 is 1.24. The number of nitro benzene ring substituents is 1. The van der Waals surface area contributed by atoms with Crippen LogP contribution in [0.4, 0.5) is 5.69 Å². The van der Waals surface area contributed by atoms with Crippen LogP contribution in [-0.4, -0.2) is 32.7 Å². The molecule has 0 bridgehead atoms. The van der Waals surface area contributed by atoms with Crippen molar-refractivity contribution in [2.24, 2.45) is 11.7 Å². The number of carbonyl (C=O) groups is 1. The van der Waals surface area contributed by atoms with E-state index in [0.717, 1.165) is 12.8 Å². The highest BCUT2D eigenvalue weighted by Gasteiger charge is 2.42. The predicted octanol–water partition coefficient (Wildman–Crippen LogP) is 1.31. The van der Waals surface area contributed by atoms with Gasteiger partial charge in [-0.3, -0.25) is 19.7 Å². The molecule has 1 amide bonds. The summed E-state index contributed by atoms with van der Waals surface area (Å²) in [6.45, 7) is 3.69. The molecule has 1 saturated carbocycles. The summed E-state index contributed by atoms with van der Waals surface area (Å²) in [7, 11) is 0. The summed E-state index contributed by atoms with van der Waals surface area (Å²) in [5, 5.41) is 18.3. The standard InChI is InChI=1S/C18H21N5O4/c1-11-9-15(24)16(17(25)20-18(2,10-19)12-7-8-12)21-22(11)13-5-3-4-6-14(13)23(26)27/h3-6,9,12H,7-8,10,19H2,1-2H3,(H,20,25). The van der Waals surface area contributed by atoms with Gasteiger partial charge in [0.15, 0.2) is 5.69 Å². The smallest absolute Gasteiger partial charge is 0.294 e. The molecule has 2 aromatic rings. The first-order valence-electron chi connectivity index (χ1n) is 8.64. The maximum atomic E-state index is 12.7. The van der Waals surface area contributed by atoms with Crippen molar-refractivity contribution in [2.45, 2.75) is 32.2 Å². The van der Waals surface area contributed by atoms with Crippen molar-refractivity contribution in [1.82, 2.24) is 15.1 Å². The zero-order valence-corrected chi connectivity index (χ0v) is 15.1. The Hall–Kier alpha value is -3.07. The maximum absolute atomic E-state index is 12.7. The average Bonchev–Trinajstić information content (AvgIpc) is 3.47. The third-order valence-electron chi connectivity index (χ3n) is 4.93. The number of nitrogens with zero attached hydrogens (tertiary/aromatic N) is 3. The lowest BCUT2D eigenvalue weighted by atomic mass is 9.96. The van der Waals surface area contributed by atoms with Crippen molar-refractivity contribution in [1.29, 1.82) is 0 Å². The van der Waals surface area contributed by atoms with Crippen LogP contribution in [0.25, 0.3) is 5.69 Å². The highest BCUT2D eigenvalue weighted by atomic mass is 16.6. The molecule has 1 fully saturated rings. The van der Waals surface area contributed by atoms with E-state index in [0.29, 0.717) is 5.69 Å². The molecule has 9 heteroatoms. The van der Waals surface area contributed by atoms with E-state index in [1.54, 1.807) is 13.0 Å². The molecule has 1 heterocycles. The molecular formula is C18H21N5O4. The van der Waals surface area contributed by atoms with Gasteiger partial charge >= 0.3 is 0 Å². The van der Waals surface area contributed by atoms with E-state index in [1.807, 2.05) is 6.92 Å². The second-order valence-corrected chi connectivity index (χ2v) is 7.01. The zero-order chi connectivity index (χ0) is 19.8. The normalized spacial score (nSPS) is 15.8. The van der Waals surface area contributed by atoms with Crippen LogP contribution in [0.15, 0.2) is 35.1 Å². The number of nitrogens with one attached hydrogen (secondary N) is 1. The molecule has 0 radical (unpaired) electrons. The van der Waals surface area contributed by atoms with Crippen LogP contribution in [0.2, 0.25) is 0 Å². The van der Waals surface area contributed by atoms with Gasteiger partial charge in [0.25, 0.3) is 11.6 Å². The Morgan fingerprint density at radius 1 is 1.44 bits per heavy atom. The van der Waals surface area contributed by atoms with Crippen molar-refractivity contribution in [3.8, 4) is 5.69 Å². The summed E-state index contributed by atoms with van der Waals surface area (Å²) in [5.74, 6) is -0.360. The predicted molar refractivity (Wildman–Crippen MR) is 98.9 cm³/mol. The number of hydrogen-bond donors (Lipinski definition) is 2. The monoisotopic (exact) mass is 371 g/mol. The van der Waals surface area contributed by atoms with Crippen LogP contribution < -0.4 is 16.5 Å². The fourth-order valence-electron chi connectivity index (χ4n) is 3.10. The van der Waals surface area contributed by atoms with E-state index in [1.165, 1.54) is 28.9 Å². The van der Waals surface area contributed by atoms with Gasteiger partial charge in [0.05, 0.1) is 10.5 Å². The van der Waals surface area contributed by atoms with Gasteiger partial charge in [0.1, 0.15) is 5.69 Å². The third kappa shape index (κ3) is 3.59. The van der Waals surface area contributed by atoms with Gasteiger partial charge in [-0.1, -0.05) is 12.1 Å². The topological polar surface area (TPSA) is 133 Å². The van der Waals surface area contributed by atoms with Crippen molar-refractivity contribution in [2.75, 3.05) is 6.54 Å². The van der Waals surface area contributed by atoms with Crippen LogP contribution in [0.3, 0.4) is 0 Å². The van der Waals surface area contributed by atoms with E-state index in [9.17, 15) is 19.7 Å². The second kappa shape index (κ2) is 6.92. The fraction of sp³-hybridized carbons (Fsp3) is 0.389. The number of para-hydroxylation sites is 2. The van der Waals surface area contributed by atoms with Gasteiger partial charge in [-0.2, -0.15) is 5.10 Å². The first-order valence-corrected chi connectivity index (χ1v) is 8.64. The highest BCUT2D eigenvalue weighted by Crippen LogP contribution is 2.39. The van der Waals surface area contributed by atoms with Crippen molar-refractivity contribution < 1.29 is 9.72 Å². The Kier molecular flexibility index (Phi) is 4.79. The summed E-state index contributed by atoms with van der Waals surface area (Å²) >= 11 is 0.